The molecular weight excluding hydrogens is 242 g/mol. The van der Waals surface area contributed by atoms with Crippen LogP contribution in [0.4, 0.5) is 5.69 Å². The average molecular weight is 263 g/mol. The van der Waals surface area contributed by atoms with E-state index in [-0.39, 0.29) is 5.91 Å². The summed E-state index contributed by atoms with van der Waals surface area (Å²) in [4.78, 5) is 16.7. The van der Waals surface area contributed by atoms with Gasteiger partial charge in [0.1, 0.15) is 5.75 Å². The van der Waals surface area contributed by atoms with Gasteiger partial charge in [0.2, 0.25) is 0 Å². The van der Waals surface area contributed by atoms with Crippen LogP contribution in [0, 0.1) is 0 Å². The summed E-state index contributed by atoms with van der Waals surface area (Å²) in [6, 6.07) is 5.17. The molecule has 0 saturated carbocycles. The fourth-order valence-corrected chi connectivity index (χ4v) is 2.31. The Hall–Kier alpha value is -1.75. The summed E-state index contributed by atoms with van der Waals surface area (Å²) in [6.45, 7) is 3.45. The first kappa shape index (κ1) is 13.7. The first-order valence-electron chi connectivity index (χ1n) is 6.53. The van der Waals surface area contributed by atoms with Gasteiger partial charge >= 0.3 is 0 Å². The summed E-state index contributed by atoms with van der Waals surface area (Å²) in [6.07, 6.45) is 0.993. The number of carbonyl (C=O) groups excluding carboxylic acids is 1. The lowest BCUT2D eigenvalue weighted by Gasteiger charge is -2.21. The second kappa shape index (κ2) is 5.93. The number of benzene rings is 1. The van der Waals surface area contributed by atoms with E-state index in [0.717, 1.165) is 32.6 Å². The van der Waals surface area contributed by atoms with Gasteiger partial charge in [-0.15, -0.1) is 0 Å². The number of carbonyl (C=O) groups is 1. The molecule has 1 heterocycles. The lowest BCUT2D eigenvalue weighted by atomic mass is 10.1. The van der Waals surface area contributed by atoms with Gasteiger partial charge in [0.15, 0.2) is 0 Å². The van der Waals surface area contributed by atoms with Crippen molar-refractivity contribution in [2.45, 2.75) is 6.42 Å². The third-order valence-corrected chi connectivity index (χ3v) is 3.46. The molecule has 1 amide bonds. The van der Waals surface area contributed by atoms with Gasteiger partial charge < -0.3 is 20.3 Å². The molecule has 1 aromatic carbocycles. The van der Waals surface area contributed by atoms with E-state index < -0.39 is 0 Å². The van der Waals surface area contributed by atoms with Gasteiger partial charge in [-0.3, -0.25) is 4.79 Å². The molecule has 5 nitrogen and oxygen atoms in total. The van der Waals surface area contributed by atoms with Gasteiger partial charge in [-0.2, -0.15) is 0 Å². The molecule has 19 heavy (non-hydrogen) atoms. The van der Waals surface area contributed by atoms with Crippen LogP contribution in [0.2, 0.25) is 0 Å². The predicted molar refractivity (Wildman–Crippen MR) is 75.4 cm³/mol. The van der Waals surface area contributed by atoms with E-state index in [1.54, 1.807) is 25.3 Å². The lowest BCUT2D eigenvalue weighted by molar-refractivity contribution is 0.0759. The Balaban J connectivity index is 2.21. The van der Waals surface area contributed by atoms with Gasteiger partial charge in [-0.1, -0.05) is 0 Å². The minimum absolute atomic E-state index is 0.000509. The highest BCUT2D eigenvalue weighted by atomic mass is 16.5. The van der Waals surface area contributed by atoms with E-state index in [1.165, 1.54) is 0 Å². The molecule has 2 rings (SSSR count). The molecule has 0 aliphatic carbocycles. The van der Waals surface area contributed by atoms with Crippen molar-refractivity contribution < 1.29 is 9.53 Å². The molecule has 0 atom stereocenters. The molecule has 0 spiro atoms. The highest BCUT2D eigenvalue weighted by Crippen LogP contribution is 2.23. The Morgan fingerprint density at radius 2 is 2.05 bits per heavy atom. The fraction of sp³-hybridized carbons (Fsp3) is 0.500. The van der Waals surface area contributed by atoms with Crippen LogP contribution >= 0.6 is 0 Å². The number of nitrogens with zero attached hydrogens (tertiary/aromatic N) is 2. The topological polar surface area (TPSA) is 58.8 Å². The zero-order chi connectivity index (χ0) is 13.8. The Kier molecular flexibility index (Phi) is 4.27. The summed E-state index contributed by atoms with van der Waals surface area (Å²) in [5.74, 6) is 0.580. The van der Waals surface area contributed by atoms with Gasteiger partial charge in [0, 0.05) is 25.3 Å². The van der Waals surface area contributed by atoms with Crippen molar-refractivity contribution in [1.82, 2.24) is 9.80 Å². The Morgan fingerprint density at radius 1 is 1.26 bits per heavy atom. The Morgan fingerprint density at radius 3 is 2.79 bits per heavy atom. The number of nitrogens with two attached hydrogens (primary N) is 1. The van der Waals surface area contributed by atoms with Crippen LogP contribution in [0.1, 0.15) is 16.8 Å². The summed E-state index contributed by atoms with van der Waals surface area (Å²) in [5.41, 5.74) is 6.90. The third-order valence-electron chi connectivity index (χ3n) is 3.46. The zero-order valence-corrected chi connectivity index (χ0v) is 11.6. The second-order valence-electron chi connectivity index (χ2n) is 4.91. The standard InChI is InChI=1S/C14H21N3O2/c1-16-6-3-7-17(9-8-16)14(18)12-10-11(15)4-5-13(12)19-2/h4-5,10H,3,6-9,15H2,1-2H3. The van der Waals surface area contributed by atoms with Crippen LogP contribution in [0.25, 0.3) is 0 Å². The number of amides is 1. The summed E-state index contributed by atoms with van der Waals surface area (Å²) in [5, 5.41) is 0. The van der Waals surface area contributed by atoms with Crippen molar-refractivity contribution in [3.63, 3.8) is 0 Å². The number of hydrogen-bond acceptors (Lipinski definition) is 4. The maximum atomic E-state index is 12.6. The summed E-state index contributed by atoms with van der Waals surface area (Å²) in [7, 11) is 3.65. The van der Waals surface area contributed by atoms with Gasteiger partial charge in [-0.05, 0) is 38.2 Å². The molecule has 1 aliphatic heterocycles. The van der Waals surface area contributed by atoms with Crippen molar-refractivity contribution in [1.29, 1.82) is 0 Å². The minimum atomic E-state index is -0.000509. The highest BCUT2D eigenvalue weighted by molar-refractivity contribution is 5.97. The van der Waals surface area contributed by atoms with E-state index in [4.69, 9.17) is 10.5 Å². The minimum Gasteiger partial charge on any atom is -0.496 e. The monoisotopic (exact) mass is 263 g/mol. The molecule has 2 N–H and O–H groups in total. The smallest absolute Gasteiger partial charge is 0.257 e. The molecule has 1 fully saturated rings. The van der Waals surface area contributed by atoms with Gasteiger partial charge in [0.25, 0.3) is 5.91 Å². The molecule has 1 aromatic rings. The third kappa shape index (κ3) is 3.17. The number of ether oxygens (including phenoxy) is 1. The Bertz CT molecular complexity index is 462. The molecule has 0 bridgehead atoms. The molecule has 0 aromatic heterocycles. The Labute approximate surface area is 113 Å². The van der Waals surface area contributed by atoms with Crippen molar-refractivity contribution >= 4 is 11.6 Å². The number of rotatable bonds is 2. The number of hydrogen-bond donors (Lipinski definition) is 1. The SMILES string of the molecule is COc1ccc(N)cc1C(=O)N1CCCN(C)CC1. The first-order chi connectivity index (χ1) is 9.11. The zero-order valence-electron chi connectivity index (χ0n) is 11.6. The van der Waals surface area contributed by atoms with E-state index in [2.05, 4.69) is 11.9 Å². The predicted octanol–water partition coefficient (Wildman–Crippen LogP) is 1.06. The largest absolute Gasteiger partial charge is 0.496 e. The van der Waals surface area contributed by atoms with Crippen LogP contribution in [0.5, 0.6) is 5.75 Å². The van der Waals surface area contributed by atoms with Crippen LogP contribution in [0.3, 0.4) is 0 Å². The van der Waals surface area contributed by atoms with E-state index in [0.29, 0.717) is 17.0 Å². The molecular formula is C14H21N3O2. The molecule has 0 radical (unpaired) electrons. The van der Waals surface area contributed by atoms with Crippen LogP contribution in [-0.4, -0.2) is 56.0 Å². The molecule has 1 saturated heterocycles. The quantitative estimate of drug-likeness (QED) is 0.810. The van der Waals surface area contributed by atoms with Gasteiger partial charge in [0.05, 0.1) is 12.7 Å². The van der Waals surface area contributed by atoms with Crippen molar-refractivity contribution in [2.24, 2.45) is 0 Å². The highest BCUT2D eigenvalue weighted by Gasteiger charge is 2.21. The molecule has 1 aliphatic rings. The van der Waals surface area contributed by atoms with Crippen molar-refractivity contribution in [3.8, 4) is 5.75 Å². The summed E-state index contributed by atoms with van der Waals surface area (Å²) >= 11 is 0. The van der Waals surface area contributed by atoms with E-state index in [9.17, 15) is 4.79 Å². The number of likely N-dealkylation sites (N-methyl/N-ethyl adjacent to an activating group) is 1. The summed E-state index contributed by atoms with van der Waals surface area (Å²) < 4.78 is 5.25. The maximum absolute atomic E-state index is 12.6. The van der Waals surface area contributed by atoms with Crippen molar-refractivity contribution in [3.05, 3.63) is 23.8 Å². The van der Waals surface area contributed by atoms with Crippen molar-refractivity contribution in [2.75, 3.05) is 46.1 Å². The van der Waals surface area contributed by atoms with Crippen LogP contribution in [0.15, 0.2) is 18.2 Å². The second-order valence-corrected chi connectivity index (χ2v) is 4.91. The lowest BCUT2D eigenvalue weighted by Crippen LogP contribution is -2.34. The normalized spacial score (nSPS) is 17.1. The van der Waals surface area contributed by atoms with Gasteiger partial charge in [-0.25, -0.2) is 0 Å². The average Bonchev–Trinajstić information content (AvgIpc) is 2.62. The van der Waals surface area contributed by atoms with E-state index in [1.807, 2.05) is 4.90 Å². The van der Waals surface area contributed by atoms with Crippen LogP contribution < -0.4 is 10.5 Å². The number of anilines is 1. The number of methoxy groups -OCH3 is 1. The first-order valence-corrected chi connectivity index (χ1v) is 6.53. The maximum Gasteiger partial charge on any atom is 0.257 e. The van der Waals surface area contributed by atoms with Crippen LogP contribution in [-0.2, 0) is 0 Å². The molecule has 0 unspecified atom stereocenters. The molecule has 5 heteroatoms. The van der Waals surface area contributed by atoms with E-state index >= 15 is 0 Å². The number of nitrogen functional groups attached to an aromatic ring is 1. The molecule has 104 valence electrons. The fourth-order valence-electron chi connectivity index (χ4n) is 2.31.